The third kappa shape index (κ3) is 5.73. The SMILES string of the molecule is CCc1ccc(CC(O)CCC(F)(F)F)cc1. The summed E-state index contributed by atoms with van der Waals surface area (Å²) < 4.78 is 35.8. The maximum atomic E-state index is 11.9. The fourth-order valence-electron chi connectivity index (χ4n) is 1.62. The van der Waals surface area contributed by atoms with Crippen molar-refractivity contribution < 1.29 is 18.3 Å². The zero-order chi connectivity index (χ0) is 12.9. The van der Waals surface area contributed by atoms with E-state index in [-0.39, 0.29) is 12.8 Å². The van der Waals surface area contributed by atoms with Crippen molar-refractivity contribution in [1.82, 2.24) is 0 Å². The predicted octanol–water partition coefficient (Wildman–Crippen LogP) is 3.49. The molecule has 0 heterocycles. The van der Waals surface area contributed by atoms with Gasteiger partial charge in [0.2, 0.25) is 0 Å². The summed E-state index contributed by atoms with van der Waals surface area (Å²) in [6.07, 6.45) is -5.08. The highest BCUT2D eigenvalue weighted by Gasteiger charge is 2.27. The van der Waals surface area contributed by atoms with Gasteiger partial charge in [0.05, 0.1) is 6.10 Å². The Morgan fingerprint density at radius 2 is 1.65 bits per heavy atom. The van der Waals surface area contributed by atoms with Crippen LogP contribution in [-0.4, -0.2) is 17.4 Å². The van der Waals surface area contributed by atoms with E-state index in [0.29, 0.717) is 0 Å². The Morgan fingerprint density at radius 3 is 2.12 bits per heavy atom. The van der Waals surface area contributed by atoms with Crippen LogP contribution in [0.3, 0.4) is 0 Å². The molecular weight excluding hydrogens is 229 g/mol. The van der Waals surface area contributed by atoms with Crippen LogP contribution in [0.5, 0.6) is 0 Å². The van der Waals surface area contributed by atoms with Gasteiger partial charge in [0.25, 0.3) is 0 Å². The quantitative estimate of drug-likeness (QED) is 0.843. The molecule has 1 nitrogen and oxygen atoms in total. The summed E-state index contributed by atoms with van der Waals surface area (Å²) in [4.78, 5) is 0. The largest absolute Gasteiger partial charge is 0.393 e. The Hall–Kier alpha value is -1.03. The van der Waals surface area contributed by atoms with Crippen LogP contribution >= 0.6 is 0 Å². The van der Waals surface area contributed by atoms with Crippen LogP contribution in [0.4, 0.5) is 13.2 Å². The minimum absolute atomic E-state index is 0.237. The normalized spacial score (nSPS) is 13.7. The summed E-state index contributed by atoms with van der Waals surface area (Å²) in [5.41, 5.74) is 2.05. The summed E-state index contributed by atoms with van der Waals surface area (Å²) in [6.45, 7) is 2.03. The van der Waals surface area contributed by atoms with Crippen LogP contribution in [0, 0.1) is 0 Å². The van der Waals surface area contributed by atoms with Crippen molar-refractivity contribution in [2.75, 3.05) is 0 Å². The van der Waals surface area contributed by atoms with Gasteiger partial charge in [-0.15, -0.1) is 0 Å². The molecule has 0 aliphatic heterocycles. The van der Waals surface area contributed by atoms with E-state index in [4.69, 9.17) is 0 Å². The minimum atomic E-state index is -4.19. The van der Waals surface area contributed by atoms with Crippen molar-refractivity contribution in [1.29, 1.82) is 0 Å². The van der Waals surface area contributed by atoms with Crippen molar-refractivity contribution >= 4 is 0 Å². The predicted molar refractivity (Wildman–Crippen MR) is 60.8 cm³/mol. The third-order valence-electron chi connectivity index (χ3n) is 2.66. The standard InChI is InChI=1S/C13H17F3O/c1-2-10-3-5-11(6-4-10)9-12(17)7-8-13(14,15)16/h3-6,12,17H,2,7-9H2,1H3. The number of aliphatic hydroxyl groups excluding tert-OH is 1. The number of benzene rings is 1. The molecule has 0 amide bonds. The Kier molecular flexibility index (Phi) is 5.00. The van der Waals surface area contributed by atoms with Gasteiger partial charge in [-0.05, 0) is 30.4 Å². The number of aliphatic hydroxyl groups is 1. The highest BCUT2D eigenvalue weighted by Crippen LogP contribution is 2.23. The van der Waals surface area contributed by atoms with E-state index in [0.717, 1.165) is 12.0 Å². The summed E-state index contributed by atoms with van der Waals surface area (Å²) in [7, 11) is 0. The van der Waals surface area contributed by atoms with Crippen molar-refractivity contribution in [3.05, 3.63) is 35.4 Å². The van der Waals surface area contributed by atoms with E-state index < -0.39 is 18.7 Å². The Balaban J connectivity index is 2.42. The van der Waals surface area contributed by atoms with Crippen molar-refractivity contribution in [3.63, 3.8) is 0 Å². The summed E-state index contributed by atoms with van der Waals surface area (Å²) in [5.74, 6) is 0. The lowest BCUT2D eigenvalue weighted by Crippen LogP contribution is -2.16. The molecule has 0 radical (unpaired) electrons. The topological polar surface area (TPSA) is 20.2 Å². The first-order valence-corrected chi connectivity index (χ1v) is 5.73. The van der Waals surface area contributed by atoms with E-state index in [1.54, 1.807) is 0 Å². The van der Waals surface area contributed by atoms with Gasteiger partial charge in [0, 0.05) is 6.42 Å². The molecule has 0 aliphatic rings. The highest BCUT2D eigenvalue weighted by molar-refractivity contribution is 5.22. The van der Waals surface area contributed by atoms with Gasteiger partial charge in [-0.25, -0.2) is 0 Å². The molecule has 0 saturated heterocycles. The summed E-state index contributed by atoms with van der Waals surface area (Å²) in [5, 5.41) is 9.49. The molecule has 1 unspecified atom stereocenters. The lowest BCUT2D eigenvalue weighted by Gasteiger charge is -2.12. The van der Waals surface area contributed by atoms with Crippen LogP contribution in [0.25, 0.3) is 0 Å². The van der Waals surface area contributed by atoms with Gasteiger partial charge in [-0.3, -0.25) is 0 Å². The first-order chi connectivity index (χ1) is 7.90. The molecule has 4 heteroatoms. The average molecular weight is 246 g/mol. The monoisotopic (exact) mass is 246 g/mol. The second kappa shape index (κ2) is 6.05. The molecule has 0 fully saturated rings. The molecule has 96 valence electrons. The molecule has 1 N–H and O–H groups in total. The van der Waals surface area contributed by atoms with Crippen LogP contribution < -0.4 is 0 Å². The number of alkyl halides is 3. The Bertz CT molecular complexity index is 330. The van der Waals surface area contributed by atoms with Crippen molar-refractivity contribution in [3.8, 4) is 0 Å². The molecule has 0 aliphatic carbocycles. The van der Waals surface area contributed by atoms with Crippen LogP contribution in [0.15, 0.2) is 24.3 Å². The fourth-order valence-corrected chi connectivity index (χ4v) is 1.62. The van der Waals surface area contributed by atoms with Crippen molar-refractivity contribution in [2.24, 2.45) is 0 Å². The molecule has 0 spiro atoms. The lowest BCUT2D eigenvalue weighted by atomic mass is 10.0. The molecular formula is C13H17F3O. The van der Waals surface area contributed by atoms with Gasteiger partial charge in [0.15, 0.2) is 0 Å². The second-order valence-corrected chi connectivity index (χ2v) is 4.18. The minimum Gasteiger partial charge on any atom is -0.393 e. The molecule has 1 aromatic rings. The Labute approximate surface area is 99.3 Å². The molecule has 17 heavy (non-hydrogen) atoms. The number of rotatable bonds is 5. The number of hydrogen-bond acceptors (Lipinski definition) is 1. The third-order valence-corrected chi connectivity index (χ3v) is 2.66. The molecule has 1 atom stereocenters. The van der Waals surface area contributed by atoms with Gasteiger partial charge < -0.3 is 5.11 Å². The molecule has 0 bridgehead atoms. The summed E-state index contributed by atoms with van der Waals surface area (Å²) in [6, 6.07) is 7.59. The van der Waals surface area contributed by atoms with E-state index >= 15 is 0 Å². The summed E-state index contributed by atoms with van der Waals surface area (Å²) >= 11 is 0. The number of hydrogen-bond donors (Lipinski definition) is 1. The maximum absolute atomic E-state index is 11.9. The van der Waals surface area contributed by atoms with Gasteiger partial charge in [-0.2, -0.15) is 13.2 Å². The average Bonchev–Trinajstić information content (AvgIpc) is 2.27. The zero-order valence-electron chi connectivity index (χ0n) is 9.80. The smallest absolute Gasteiger partial charge is 0.389 e. The maximum Gasteiger partial charge on any atom is 0.389 e. The van der Waals surface area contributed by atoms with Gasteiger partial charge in [-0.1, -0.05) is 31.2 Å². The van der Waals surface area contributed by atoms with E-state index in [2.05, 4.69) is 0 Å². The lowest BCUT2D eigenvalue weighted by molar-refractivity contribution is -0.139. The zero-order valence-corrected chi connectivity index (χ0v) is 9.80. The van der Waals surface area contributed by atoms with E-state index in [1.807, 2.05) is 31.2 Å². The van der Waals surface area contributed by atoms with Crippen LogP contribution in [-0.2, 0) is 12.8 Å². The first kappa shape index (κ1) is 14.0. The number of aryl methyl sites for hydroxylation is 1. The molecule has 0 saturated carbocycles. The first-order valence-electron chi connectivity index (χ1n) is 5.73. The van der Waals surface area contributed by atoms with Crippen LogP contribution in [0.1, 0.15) is 30.9 Å². The Morgan fingerprint density at radius 1 is 1.12 bits per heavy atom. The van der Waals surface area contributed by atoms with Crippen LogP contribution in [0.2, 0.25) is 0 Å². The second-order valence-electron chi connectivity index (χ2n) is 4.18. The molecule has 0 aromatic heterocycles. The number of halogens is 3. The van der Waals surface area contributed by atoms with Gasteiger partial charge in [0.1, 0.15) is 0 Å². The van der Waals surface area contributed by atoms with Crippen molar-refractivity contribution in [2.45, 2.75) is 44.9 Å². The fraction of sp³-hybridized carbons (Fsp3) is 0.538. The van der Waals surface area contributed by atoms with Gasteiger partial charge >= 0.3 is 6.18 Å². The van der Waals surface area contributed by atoms with E-state index in [9.17, 15) is 18.3 Å². The highest BCUT2D eigenvalue weighted by atomic mass is 19.4. The molecule has 1 rings (SSSR count). The molecule has 1 aromatic carbocycles. The van der Waals surface area contributed by atoms with E-state index in [1.165, 1.54) is 5.56 Å².